The van der Waals surface area contributed by atoms with Crippen molar-refractivity contribution in [3.63, 3.8) is 0 Å². The van der Waals surface area contributed by atoms with Crippen molar-refractivity contribution in [1.29, 1.82) is 0 Å². The molecule has 102 valence electrons. The Morgan fingerprint density at radius 2 is 2.05 bits per heavy atom. The molecule has 2 rings (SSSR count). The van der Waals surface area contributed by atoms with E-state index in [0.717, 1.165) is 6.42 Å². The minimum atomic E-state index is -0.178. The topological polar surface area (TPSA) is 64.9 Å². The smallest absolute Gasteiger partial charge is 0.243 e. The maximum absolute atomic E-state index is 6.09. The predicted molar refractivity (Wildman–Crippen MR) is 74.7 cm³/mol. The molecule has 2 N–H and O–H groups in total. The van der Waals surface area contributed by atoms with Gasteiger partial charge in [0.05, 0.1) is 6.04 Å². The van der Waals surface area contributed by atoms with Crippen LogP contribution in [0.1, 0.15) is 49.2 Å². The Morgan fingerprint density at radius 1 is 1.32 bits per heavy atom. The van der Waals surface area contributed by atoms with E-state index in [1.54, 1.807) is 0 Å². The summed E-state index contributed by atoms with van der Waals surface area (Å²) in [6, 6.07) is 8.04. The Labute approximate surface area is 114 Å². The fourth-order valence-corrected chi connectivity index (χ4v) is 1.95. The van der Waals surface area contributed by atoms with E-state index in [-0.39, 0.29) is 6.04 Å². The average molecular weight is 259 g/mol. The van der Waals surface area contributed by atoms with E-state index in [9.17, 15) is 0 Å². The van der Waals surface area contributed by atoms with Gasteiger partial charge >= 0.3 is 0 Å². The number of benzene rings is 1. The summed E-state index contributed by atoms with van der Waals surface area (Å²) in [6.07, 6.45) is 1.68. The SMILES string of the molecule is CC[C@H](C)[C@H](N)c1nc(Cc2ccccc2C)no1. The molecule has 0 bridgehead atoms. The van der Waals surface area contributed by atoms with Crippen LogP contribution in [0.25, 0.3) is 0 Å². The van der Waals surface area contributed by atoms with Crippen molar-refractivity contribution in [2.45, 2.75) is 39.7 Å². The third-order valence-electron chi connectivity index (χ3n) is 3.64. The van der Waals surface area contributed by atoms with Gasteiger partial charge in [-0.05, 0) is 24.0 Å². The molecule has 0 fully saturated rings. The van der Waals surface area contributed by atoms with E-state index in [4.69, 9.17) is 10.3 Å². The van der Waals surface area contributed by atoms with Crippen LogP contribution >= 0.6 is 0 Å². The van der Waals surface area contributed by atoms with E-state index in [1.807, 2.05) is 12.1 Å². The molecule has 0 unspecified atom stereocenters. The Balaban J connectivity index is 2.12. The van der Waals surface area contributed by atoms with Gasteiger partial charge in [-0.2, -0.15) is 4.98 Å². The second kappa shape index (κ2) is 5.97. The van der Waals surface area contributed by atoms with E-state index in [1.165, 1.54) is 11.1 Å². The van der Waals surface area contributed by atoms with Gasteiger partial charge in [0.25, 0.3) is 0 Å². The Bertz CT molecular complexity index is 536. The standard InChI is InChI=1S/C15H21N3O/c1-4-10(2)14(16)15-17-13(18-19-15)9-12-8-6-5-7-11(12)3/h5-8,10,14H,4,9,16H2,1-3H3/t10-,14-/m0/s1. The monoisotopic (exact) mass is 259 g/mol. The largest absolute Gasteiger partial charge is 0.338 e. The molecule has 1 aromatic carbocycles. The Morgan fingerprint density at radius 3 is 2.74 bits per heavy atom. The van der Waals surface area contributed by atoms with Crippen LogP contribution in [0, 0.1) is 12.8 Å². The minimum absolute atomic E-state index is 0.178. The molecule has 0 amide bonds. The molecule has 0 aliphatic heterocycles. The van der Waals surface area contributed by atoms with Crippen LogP contribution < -0.4 is 5.73 Å². The van der Waals surface area contributed by atoms with E-state index in [0.29, 0.717) is 24.1 Å². The fourth-order valence-electron chi connectivity index (χ4n) is 1.95. The van der Waals surface area contributed by atoms with Crippen LogP contribution in [0.3, 0.4) is 0 Å². The van der Waals surface area contributed by atoms with Crippen LogP contribution in [0.2, 0.25) is 0 Å². The molecule has 1 heterocycles. The van der Waals surface area contributed by atoms with Crippen molar-refractivity contribution >= 4 is 0 Å². The highest BCUT2D eigenvalue weighted by Gasteiger charge is 2.20. The van der Waals surface area contributed by atoms with Crippen molar-refractivity contribution in [2.75, 3.05) is 0 Å². The van der Waals surface area contributed by atoms with Gasteiger partial charge in [0.15, 0.2) is 5.82 Å². The maximum atomic E-state index is 6.09. The lowest BCUT2D eigenvalue weighted by atomic mass is 10.0. The zero-order chi connectivity index (χ0) is 13.8. The van der Waals surface area contributed by atoms with Gasteiger partial charge in [0.2, 0.25) is 5.89 Å². The normalized spacial score (nSPS) is 14.3. The molecule has 1 aromatic heterocycles. The summed E-state index contributed by atoms with van der Waals surface area (Å²) in [5, 5.41) is 4.02. The number of nitrogens with zero attached hydrogens (tertiary/aromatic N) is 2. The molecule has 0 radical (unpaired) electrons. The van der Waals surface area contributed by atoms with E-state index in [2.05, 4.69) is 43.0 Å². The molecule has 4 heteroatoms. The summed E-state index contributed by atoms with van der Waals surface area (Å²) in [5.74, 6) is 1.58. The first-order valence-corrected chi connectivity index (χ1v) is 6.74. The van der Waals surface area contributed by atoms with Gasteiger partial charge in [-0.25, -0.2) is 0 Å². The van der Waals surface area contributed by atoms with Gasteiger partial charge in [0, 0.05) is 6.42 Å². The summed E-state index contributed by atoms with van der Waals surface area (Å²) in [7, 11) is 0. The molecular weight excluding hydrogens is 238 g/mol. The highest BCUT2D eigenvalue weighted by molar-refractivity contribution is 5.28. The highest BCUT2D eigenvalue weighted by Crippen LogP contribution is 2.21. The number of aryl methyl sites for hydroxylation is 1. The van der Waals surface area contributed by atoms with Crippen LogP contribution in [0.15, 0.2) is 28.8 Å². The molecule has 4 nitrogen and oxygen atoms in total. The Kier molecular flexibility index (Phi) is 4.32. The first kappa shape index (κ1) is 13.7. The molecule has 0 saturated carbocycles. The number of nitrogens with two attached hydrogens (primary N) is 1. The summed E-state index contributed by atoms with van der Waals surface area (Å²) in [6.45, 7) is 6.28. The van der Waals surface area contributed by atoms with Gasteiger partial charge in [-0.1, -0.05) is 49.7 Å². The lowest BCUT2D eigenvalue weighted by molar-refractivity contribution is 0.310. The summed E-state index contributed by atoms with van der Waals surface area (Å²) >= 11 is 0. The second-order valence-electron chi connectivity index (χ2n) is 5.06. The van der Waals surface area contributed by atoms with Crippen LogP contribution in [-0.4, -0.2) is 10.1 Å². The number of aromatic nitrogens is 2. The Hall–Kier alpha value is -1.68. The third kappa shape index (κ3) is 3.20. The first-order valence-electron chi connectivity index (χ1n) is 6.74. The maximum Gasteiger partial charge on any atom is 0.243 e. The van der Waals surface area contributed by atoms with Crippen molar-refractivity contribution in [3.05, 3.63) is 47.1 Å². The predicted octanol–water partition coefficient (Wildman–Crippen LogP) is 3.01. The summed E-state index contributed by atoms with van der Waals surface area (Å²) in [5.41, 5.74) is 8.54. The minimum Gasteiger partial charge on any atom is -0.338 e. The van der Waals surface area contributed by atoms with Crippen LogP contribution in [0.5, 0.6) is 0 Å². The van der Waals surface area contributed by atoms with E-state index >= 15 is 0 Å². The molecule has 2 aromatic rings. The molecule has 19 heavy (non-hydrogen) atoms. The van der Waals surface area contributed by atoms with Crippen molar-refractivity contribution in [1.82, 2.24) is 10.1 Å². The van der Waals surface area contributed by atoms with Crippen LogP contribution in [-0.2, 0) is 6.42 Å². The average Bonchev–Trinajstić information content (AvgIpc) is 2.88. The molecule has 0 spiro atoms. The number of hydrogen-bond acceptors (Lipinski definition) is 4. The zero-order valence-corrected chi connectivity index (χ0v) is 11.8. The second-order valence-corrected chi connectivity index (χ2v) is 5.06. The van der Waals surface area contributed by atoms with Crippen molar-refractivity contribution in [2.24, 2.45) is 11.7 Å². The van der Waals surface area contributed by atoms with Gasteiger partial charge in [-0.3, -0.25) is 0 Å². The van der Waals surface area contributed by atoms with Gasteiger partial charge in [-0.15, -0.1) is 0 Å². The third-order valence-corrected chi connectivity index (χ3v) is 3.64. The van der Waals surface area contributed by atoms with Gasteiger partial charge in [0.1, 0.15) is 0 Å². The fraction of sp³-hybridized carbons (Fsp3) is 0.467. The summed E-state index contributed by atoms with van der Waals surface area (Å²) < 4.78 is 5.28. The van der Waals surface area contributed by atoms with E-state index < -0.39 is 0 Å². The number of rotatable bonds is 5. The van der Waals surface area contributed by atoms with Gasteiger partial charge < -0.3 is 10.3 Å². The quantitative estimate of drug-likeness (QED) is 0.896. The lowest BCUT2D eigenvalue weighted by Crippen LogP contribution is -2.18. The van der Waals surface area contributed by atoms with Crippen molar-refractivity contribution < 1.29 is 4.52 Å². The summed E-state index contributed by atoms with van der Waals surface area (Å²) in [4.78, 5) is 4.41. The molecule has 2 atom stereocenters. The zero-order valence-electron chi connectivity index (χ0n) is 11.8. The molecule has 0 aliphatic rings. The lowest BCUT2D eigenvalue weighted by Gasteiger charge is -2.12. The highest BCUT2D eigenvalue weighted by atomic mass is 16.5. The molecule has 0 aliphatic carbocycles. The molecular formula is C15H21N3O. The first-order chi connectivity index (χ1) is 9.11. The van der Waals surface area contributed by atoms with Crippen LogP contribution in [0.4, 0.5) is 0 Å². The number of hydrogen-bond donors (Lipinski definition) is 1. The van der Waals surface area contributed by atoms with Crippen molar-refractivity contribution in [3.8, 4) is 0 Å². The molecule has 0 saturated heterocycles.